The maximum atomic E-state index is 15.4. The molecule has 0 N–H and O–H groups in total. The maximum Gasteiger partial charge on any atom is 0.233 e. The van der Waals surface area contributed by atoms with Gasteiger partial charge in [0.25, 0.3) is 0 Å². The van der Waals surface area contributed by atoms with E-state index in [1.165, 1.54) is 25.6 Å². The number of aromatic nitrogens is 4. The molecule has 0 unspecified atom stereocenters. The summed E-state index contributed by atoms with van der Waals surface area (Å²) in [4.78, 5) is 10.6. The molecular formula is C25H23F2N5O2. The molecule has 174 valence electrons. The number of anilines is 1. The van der Waals surface area contributed by atoms with Gasteiger partial charge in [-0.1, -0.05) is 0 Å². The zero-order chi connectivity index (χ0) is 23.7. The normalized spacial score (nSPS) is 13.9. The van der Waals surface area contributed by atoms with Gasteiger partial charge in [0.05, 0.1) is 42.6 Å². The van der Waals surface area contributed by atoms with Gasteiger partial charge in [0.1, 0.15) is 18.0 Å². The van der Waals surface area contributed by atoms with Crippen LogP contribution >= 0.6 is 0 Å². The molecule has 0 radical (unpaired) electrons. The van der Waals surface area contributed by atoms with Gasteiger partial charge < -0.3 is 14.4 Å². The molecule has 0 spiro atoms. The van der Waals surface area contributed by atoms with Gasteiger partial charge in [-0.3, -0.25) is 0 Å². The van der Waals surface area contributed by atoms with Crippen LogP contribution in [0.2, 0.25) is 0 Å². The highest BCUT2D eigenvalue weighted by molar-refractivity contribution is 5.94. The summed E-state index contributed by atoms with van der Waals surface area (Å²) in [5, 5.41) is 8.35. The molecule has 2 aromatic heterocycles. The Morgan fingerprint density at radius 2 is 1.82 bits per heavy atom. The van der Waals surface area contributed by atoms with Crippen molar-refractivity contribution in [3.05, 3.63) is 71.2 Å². The maximum absolute atomic E-state index is 15.4. The van der Waals surface area contributed by atoms with E-state index < -0.39 is 11.6 Å². The van der Waals surface area contributed by atoms with Crippen LogP contribution < -0.4 is 9.64 Å². The predicted molar refractivity (Wildman–Crippen MR) is 124 cm³/mol. The van der Waals surface area contributed by atoms with Crippen LogP contribution in [0, 0.1) is 18.6 Å². The number of fused-ring (bicyclic) bond motifs is 1. The number of benzene rings is 2. The van der Waals surface area contributed by atoms with Crippen molar-refractivity contribution in [3.63, 3.8) is 0 Å². The van der Waals surface area contributed by atoms with Gasteiger partial charge in [-0.25, -0.2) is 18.7 Å². The fourth-order valence-electron chi connectivity index (χ4n) is 4.17. The number of morpholine rings is 1. The highest BCUT2D eigenvalue weighted by Gasteiger charge is 2.20. The summed E-state index contributed by atoms with van der Waals surface area (Å²) >= 11 is 0. The molecule has 1 fully saturated rings. The van der Waals surface area contributed by atoms with E-state index in [0.29, 0.717) is 49.8 Å². The van der Waals surface area contributed by atoms with E-state index in [1.54, 1.807) is 18.2 Å². The number of aryl methyl sites for hydroxylation is 1. The Labute approximate surface area is 195 Å². The summed E-state index contributed by atoms with van der Waals surface area (Å²) < 4.78 is 41.0. The third kappa shape index (κ3) is 4.26. The van der Waals surface area contributed by atoms with E-state index >= 15 is 8.78 Å². The zero-order valence-corrected chi connectivity index (χ0v) is 18.9. The topological polar surface area (TPSA) is 73.3 Å². The molecule has 34 heavy (non-hydrogen) atoms. The van der Waals surface area contributed by atoms with Gasteiger partial charge in [-0.2, -0.15) is 5.10 Å². The summed E-state index contributed by atoms with van der Waals surface area (Å²) in [5.74, 6) is -0.546. The second kappa shape index (κ2) is 9.26. The van der Waals surface area contributed by atoms with Crippen LogP contribution in [-0.4, -0.2) is 53.6 Å². The average molecular weight is 463 g/mol. The number of methoxy groups -OCH3 is 1. The molecule has 9 heteroatoms. The minimum atomic E-state index is -0.489. The first-order valence-corrected chi connectivity index (χ1v) is 11.0. The van der Waals surface area contributed by atoms with Crippen LogP contribution in [-0.2, 0) is 11.2 Å². The lowest BCUT2D eigenvalue weighted by Gasteiger charge is -2.29. The molecule has 3 heterocycles. The third-order valence-corrected chi connectivity index (χ3v) is 6.01. The van der Waals surface area contributed by atoms with Gasteiger partial charge in [-0.05, 0) is 48.4 Å². The van der Waals surface area contributed by atoms with Crippen molar-refractivity contribution in [2.45, 2.75) is 13.3 Å². The predicted octanol–water partition coefficient (Wildman–Crippen LogP) is 4.11. The summed E-state index contributed by atoms with van der Waals surface area (Å²) in [5.41, 5.74) is 3.88. The van der Waals surface area contributed by atoms with Crippen LogP contribution in [0.3, 0.4) is 0 Å². The lowest BCUT2D eigenvalue weighted by atomic mass is 9.97. The van der Waals surface area contributed by atoms with Crippen molar-refractivity contribution < 1.29 is 18.3 Å². The number of nitrogens with zero attached hydrogens (tertiary/aromatic N) is 5. The molecule has 1 aliphatic heterocycles. The monoisotopic (exact) mass is 463 g/mol. The van der Waals surface area contributed by atoms with Crippen molar-refractivity contribution in [2.75, 3.05) is 38.3 Å². The van der Waals surface area contributed by atoms with E-state index in [1.807, 2.05) is 17.9 Å². The molecule has 5 rings (SSSR count). The average Bonchev–Trinajstić information content (AvgIpc) is 2.86. The van der Waals surface area contributed by atoms with Gasteiger partial charge in [-0.15, -0.1) is 5.10 Å². The molecule has 4 aromatic rings. The van der Waals surface area contributed by atoms with Crippen molar-refractivity contribution >= 4 is 16.6 Å². The second-order valence-electron chi connectivity index (χ2n) is 8.15. The van der Waals surface area contributed by atoms with Crippen molar-refractivity contribution in [1.82, 2.24) is 20.2 Å². The van der Waals surface area contributed by atoms with Crippen LogP contribution in [0.4, 0.5) is 14.5 Å². The summed E-state index contributed by atoms with van der Waals surface area (Å²) in [6.07, 6.45) is 1.77. The summed E-state index contributed by atoms with van der Waals surface area (Å²) in [6, 6.07) is 9.95. The van der Waals surface area contributed by atoms with E-state index in [2.05, 4.69) is 20.2 Å². The zero-order valence-electron chi connectivity index (χ0n) is 18.9. The number of halogens is 2. The SMILES string of the molecule is COc1ccc(Cc2cc(-c3ncnc4cc(N5CCOCC5)cc(F)c34)c(F)cc2C)nn1. The lowest BCUT2D eigenvalue weighted by Crippen LogP contribution is -2.36. The first-order chi connectivity index (χ1) is 16.5. The van der Waals surface area contributed by atoms with Gasteiger partial charge in [0.2, 0.25) is 5.88 Å². The molecule has 2 aromatic carbocycles. The van der Waals surface area contributed by atoms with Crippen LogP contribution in [0.5, 0.6) is 5.88 Å². The Hall–Kier alpha value is -3.72. The Morgan fingerprint density at radius 1 is 1.00 bits per heavy atom. The number of hydrogen-bond acceptors (Lipinski definition) is 7. The van der Waals surface area contributed by atoms with Gasteiger partial charge >= 0.3 is 0 Å². The van der Waals surface area contributed by atoms with E-state index in [9.17, 15) is 0 Å². The Kier molecular flexibility index (Phi) is 6.02. The molecule has 1 saturated heterocycles. The fraction of sp³-hybridized carbons (Fsp3) is 0.280. The first kappa shape index (κ1) is 22.1. The van der Waals surface area contributed by atoms with E-state index in [0.717, 1.165) is 16.8 Å². The molecule has 1 aliphatic rings. The second-order valence-corrected chi connectivity index (χ2v) is 8.15. The molecular weight excluding hydrogens is 440 g/mol. The summed E-state index contributed by atoms with van der Waals surface area (Å²) in [6.45, 7) is 4.35. The smallest absolute Gasteiger partial charge is 0.233 e. The Morgan fingerprint density at radius 3 is 2.56 bits per heavy atom. The standard InChI is InChI=1S/C25H23F2N5O2/c1-15-9-20(26)19(11-16(15)10-17-3-4-23(33-2)31-30-17)25-24-21(27)12-18(13-22(24)28-14-29-25)32-5-7-34-8-6-32/h3-4,9,11-14H,5-8,10H2,1-2H3. The molecule has 0 aliphatic carbocycles. The largest absolute Gasteiger partial charge is 0.480 e. The van der Waals surface area contributed by atoms with Crippen molar-refractivity contribution in [3.8, 4) is 17.1 Å². The highest BCUT2D eigenvalue weighted by Crippen LogP contribution is 2.34. The number of rotatable bonds is 5. The minimum absolute atomic E-state index is 0.192. The van der Waals surface area contributed by atoms with Crippen LogP contribution in [0.1, 0.15) is 16.8 Å². The molecule has 0 bridgehead atoms. The van der Waals surface area contributed by atoms with E-state index in [4.69, 9.17) is 9.47 Å². The highest BCUT2D eigenvalue weighted by atomic mass is 19.1. The minimum Gasteiger partial charge on any atom is -0.480 e. The Balaban J connectivity index is 1.56. The molecule has 0 saturated carbocycles. The fourth-order valence-corrected chi connectivity index (χ4v) is 4.17. The molecule has 7 nitrogen and oxygen atoms in total. The third-order valence-electron chi connectivity index (χ3n) is 6.01. The summed E-state index contributed by atoms with van der Waals surface area (Å²) in [7, 11) is 1.52. The van der Waals surface area contributed by atoms with Crippen LogP contribution in [0.25, 0.3) is 22.2 Å². The van der Waals surface area contributed by atoms with Crippen LogP contribution in [0.15, 0.2) is 42.7 Å². The van der Waals surface area contributed by atoms with Crippen molar-refractivity contribution in [2.24, 2.45) is 0 Å². The van der Waals surface area contributed by atoms with Gasteiger partial charge in [0.15, 0.2) is 0 Å². The molecule has 0 amide bonds. The van der Waals surface area contributed by atoms with Gasteiger partial charge in [0, 0.05) is 36.8 Å². The lowest BCUT2D eigenvalue weighted by molar-refractivity contribution is 0.122. The first-order valence-electron chi connectivity index (χ1n) is 11.0. The Bertz CT molecular complexity index is 1340. The van der Waals surface area contributed by atoms with Crippen molar-refractivity contribution in [1.29, 1.82) is 0 Å². The number of hydrogen-bond donors (Lipinski definition) is 0. The number of ether oxygens (including phenoxy) is 2. The quantitative estimate of drug-likeness (QED) is 0.441. The molecule has 0 atom stereocenters. The van der Waals surface area contributed by atoms with E-state index in [-0.39, 0.29) is 16.6 Å².